The van der Waals surface area contributed by atoms with Crippen molar-refractivity contribution in [2.24, 2.45) is 5.92 Å². The van der Waals surface area contributed by atoms with Gasteiger partial charge in [-0.15, -0.1) is 0 Å². The summed E-state index contributed by atoms with van der Waals surface area (Å²) in [6.07, 6.45) is -1.95. The number of nitrogens with one attached hydrogen (secondary N) is 1. The Bertz CT molecular complexity index is 1420. The fraction of sp³-hybridized carbons (Fsp3) is 0.296. The van der Waals surface area contributed by atoms with E-state index < -0.39 is 53.5 Å². The number of carbonyl (C=O) groups is 3. The van der Waals surface area contributed by atoms with Gasteiger partial charge in [-0.2, -0.15) is 0 Å². The van der Waals surface area contributed by atoms with Crippen LogP contribution in [0, 0.1) is 12.8 Å². The van der Waals surface area contributed by atoms with Crippen molar-refractivity contribution in [3.05, 3.63) is 104 Å². The smallest absolute Gasteiger partial charge is 0.338 e. The Hall–Kier alpha value is -4.51. The van der Waals surface area contributed by atoms with Gasteiger partial charge in [0, 0.05) is 18.7 Å². The topological polar surface area (TPSA) is 143 Å². The molecule has 1 fully saturated rings. The third-order valence-electron chi connectivity index (χ3n) is 6.02. The molecule has 0 saturated carbocycles. The SMILES string of the molecule is CC(=O)O[C@@H]1[C@H](COC(=O)c2ccccc2)[C@@H](COC(=O)c2ccccc2)O[C@H]1n1cc(C)c(=O)[nH]c1=O. The lowest BCUT2D eigenvalue weighted by Crippen LogP contribution is -2.40. The fourth-order valence-corrected chi connectivity index (χ4v) is 4.13. The number of esters is 3. The van der Waals surface area contributed by atoms with Gasteiger partial charge in [0.05, 0.1) is 17.0 Å². The molecule has 2 heterocycles. The molecule has 11 nitrogen and oxygen atoms in total. The lowest BCUT2D eigenvalue weighted by Gasteiger charge is -2.24. The first-order valence-corrected chi connectivity index (χ1v) is 11.8. The molecule has 0 amide bonds. The summed E-state index contributed by atoms with van der Waals surface area (Å²) in [5.74, 6) is -2.72. The molecule has 1 aliphatic rings. The van der Waals surface area contributed by atoms with Crippen LogP contribution in [-0.4, -0.2) is 52.9 Å². The second kappa shape index (κ2) is 11.7. The van der Waals surface area contributed by atoms with Crippen LogP contribution in [-0.2, 0) is 23.7 Å². The highest BCUT2D eigenvalue weighted by atomic mass is 16.6. The zero-order valence-electron chi connectivity index (χ0n) is 20.7. The van der Waals surface area contributed by atoms with Crippen molar-refractivity contribution in [2.45, 2.75) is 32.3 Å². The number of nitrogens with zero attached hydrogens (tertiary/aromatic N) is 1. The number of hydrogen-bond donors (Lipinski definition) is 1. The summed E-state index contributed by atoms with van der Waals surface area (Å²) in [6, 6.07) is 16.6. The van der Waals surface area contributed by atoms with Crippen LogP contribution in [0.3, 0.4) is 0 Å². The van der Waals surface area contributed by atoms with Gasteiger partial charge in [-0.3, -0.25) is 19.1 Å². The first kappa shape index (κ1) is 26.6. The van der Waals surface area contributed by atoms with Crippen molar-refractivity contribution < 1.29 is 33.3 Å². The molecular weight excluding hydrogens is 496 g/mol. The highest BCUT2D eigenvalue weighted by Gasteiger charge is 2.49. The van der Waals surface area contributed by atoms with Crippen LogP contribution >= 0.6 is 0 Å². The van der Waals surface area contributed by atoms with Crippen LogP contribution in [0.25, 0.3) is 0 Å². The highest BCUT2D eigenvalue weighted by molar-refractivity contribution is 5.89. The second-order valence-electron chi connectivity index (χ2n) is 8.71. The molecular formula is C27H26N2O9. The molecule has 198 valence electrons. The molecule has 3 aromatic rings. The van der Waals surface area contributed by atoms with Gasteiger partial charge >= 0.3 is 23.6 Å². The Labute approximate surface area is 216 Å². The first-order valence-electron chi connectivity index (χ1n) is 11.8. The summed E-state index contributed by atoms with van der Waals surface area (Å²) in [7, 11) is 0. The number of ether oxygens (including phenoxy) is 4. The van der Waals surface area contributed by atoms with Gasteiger partial charge < -0.3 is 18.9 Å². The standard InChI is InChI=1S/C27H26N2O9/c1-16-13-29(27(34)28-23(16)31)24-22(37-17(2)30)20(14-35-25(32)18-9-5-3-6-10-18)21(38-24)15-36-26(33)19-11-7-4-8-12-19/h3-13,20-22,24H,14-15H2,1-2H3,(H,28,31,34)/t20-,21-,22-,24-/m1/s1. The largest absolute Gasteiger partial charge is 0.462 e. The quantitative estimate of drug-likeness (QED) is 0.347. The van der Waals surface area contributed by atoms with Gasteiger partial charge in [0.1, 0.15) is 19.3 Å². The van der Waals surface area contributed by atoms with E-state index in [2.05, 4.69) is 4.98 Å². The summed E-state index contributed by atoms with van der Waals surface area (Å²) < 4.78 is 23.7. The Morgan fingerprint density at radius 1 is 0.895 bits per heavy atom. The summed E-state index contributed by atoms with van der Waals surface area (Å²) in [6.45, 7) is 2.13. The van der Waals surface area contributed by atoms with Crippen molar-refractivity contribution in [1.82, 2.24) is 9.55 Å². The number of aromatic nitrogens is 2. The lowest BCUT2D eigenvalue weighted by atomic mass is 9.98. The lowest BCUT2D eigenvalue weighted by molar-refractivity contribution is -0.154. The Kier molecular flexibility index (Phi) is 8.17. The maximum atomic E-state index is 12.6. The maximum Gasteiger partial charge on any atom is 0.338 e. The van der Waals surface area contributed by atoms with Crippen molar-refractivity contribution in [1.29, 1.82) is 0 Å². The van der Waals surface area contributed by atoms with E-state index in [0.29, 0.717) is 11.1 Å². The van der Waals surface area contributed by atoms with E-state index >= 15 is 0 Å². The average molecular weight is 523 g/mol. The fourth-order valence-electron chi connectivity index (χ4n) is 4.13. The van der Waals surface area contributed by atoms with Crippen LogP contribution in [0.2, 0.25) is 0 Å². The van der Waals surface area contributed by atoms with Crippen LogP contribution < -0.4 is 11.2 Å². The number of rotatable bonds is 8. The van der Waals surface area contributed by atoms with E-state index in [1.165, 1.54) is 20.0 Å². The molecule has 4 rings (SSSR count). The number of H-pyrrole nitrogens is 1. The van der Waals surface area contributed by atoms with Crippen molar-refractivity contribution in [3.8, 4) is 0 Å². The molecule has 0 aliphatic carbocycles. The second-order valence-corrected chi connectivity index (χ2v) is 8.71. The van der Waals surface area contributed by atoms with Gasteiger partial charge in [-0.25, -0.2) is 14.4 Å². The number of carbonyl (C=O) groups excluding carboxylic acids is 3. The van der Waals surface area contributed by atoms with E-state index in [1.807, 2.05) is 0 Å². The summed E-state index contributed by atoms with van der Waals surface area (Å²) in [5, 5.41) is 0. The highest BCUT2D eigenvalue weighted by Crippen LogP contribution is 2.36. The third kappa shape index (κ3) is 6.06. The molecule has 1 saturated heterocycles. The van der Waals surface area contributed by atoms with E-state index in [-0.39, 0.29) is 18.8 Å². The molecule has 0 radical (unpaired) electrons. The minimum absolute atomic E-state index is 0.223. The van der Waals surface area contributed by atoms with Crippen LogP contribution in [0.15, 0.2) is 76.4 Å². The van der Waals surface area contributed by atoms with E-state index in [1.54, 1.807) is 60.7 Å². The van der Waals surface area contributed by atoms with E-state index in [4.69, 9.17) is 18.9 Å². The summed E-state index contributed by atoms with van der Waals surface area (Å²) >= 11 is 0. The Morgan fingerprint density at radius 3 is 2.00 bits per heavy atom. The van der Waals surface area contributed by atoms with Crippen LogP contribution in [0.1, 0.15) is 39.4 Å². The van der Waals surface area contributed by atoms with Gasteiger partial charge in [-0.1, -0.05) is 36.4 Å². The molecule has 0 spiro atoms. The van der Waals surface area contributed by atoms with Crippen molar-refractivity contribution in [3.63, 3.8) is 0 Å². The Morgan fingerprint density at radius 2 is 1.45 bits per heavy atom. The molecule has 38 heavy (non-hydrogen) atoms. The predicted molar refractivity (Wildman–Crippen MR) is 132 cm³/mol. The molecule has 4 atom stereocenters. The molecule has 0 unspecified atom stereocenters. The molecule has 1 N–H and O–H groups in total. The van der Waals surface area contributed by atoms with Gasteiger partial charge in [0.2, 0.25) is 0 Å². The van der Waals surface area contributed by atoms with E-state index in [9.17, 15) is 24.0 Å². The van der Waals surface area contributed by atoms with Gasteiger partial charge in [0.15, 0.2) is 12.3 Å². The van der Waals surface area contributed by atoms with Crippen LogP contribution in [0.5, 0.6) is 0 Å². The van der Waals surface area contributed by atoms with E-state index in [0.717, 1.165) is 4.57 Å². The number of benzene rings is 2. The zero-order chi connectivity index (χ0) is 27.2. The molecule has 2 aromatic carbocycles. The molecule has 0 bridgehead atoms. The molecule has 11 heteroatoms. The number of aryl methyl sites for hydroxylation is 1. The number of hydrogen-bond acceptors (Lipinski definition) is 9. The van der Waals surface area contributed by atoms with Gasteiger partial charge in [0.25, 0.3) is 5.56 Å². The number of aromatic amines is 1. The first-order chi connectivity index (χ1) is 18.2. The maximum absolute atomic E-state index is 12.6. The van der Waals surface area contributed by atoms with Crippen molar-refractivity contribution in [2.75, 3.05) is 13.2 Å². The zero-order valence-corrected chi connectivity index (χ0v) is 20.7. The minimum atomic E-state index is -1.19. The molecule has 1 aliphatic heterocycles. The average Bonchev–Trinajstić information content (AvgIpc) is 3.24. The minimum Gasteiger partial charge on any atom is -0.462 e. The predicted octanol–water partition coefficient (Wildman–Crippen LogP) is 2.00. The normalized spacial score (nSPS) is 20.5. The summed E-state index contributed by atoms with van der Waals surface area (Å²) in [4.78, 5) is 64.0. The molecule has 1 aromatic heterocycles. The third-order valence-corrected chi connectivity index (χ3v) is 6.02. The monoisotopic (exact) mass is 522 g/mol. The summed E-state index contributed by atoms with van der Waals surface area (Å²) in [5.41, 5.74) is -0.509. The van der Waals surface area contributed by atoms with Gasteiger partial charge in [-0.05, 0) is 31.2 Å². The van der Waals surface area contributed by atoms with Crippen molar-refractivity contribution >= 4 is 17.9 Å². The Balaban J connectivity index is 1.63. The van der Waals surface area contributed by atoms with Crippen LogP contribution in [0.4, 0.5) is 0 Å².